The number of morpholine rings is 1. The van der Waals surface area contributed by atoms with Crippen LogP contribution >= 0.6 is 11.6 Å². The van der Waals surface area contributed by atoms with E-state index in [2.05, 4.69) is 9.88 Å². The number of ether oxygens (including phenoxy) is 1. The summed E-state index contributed by atoms with van der Waals surface area (Å²) in [6.07, 6.45) is 2.87. The summed E-state index contributed by atoms with van der Waals surface area (Å²) in [5, 5.41) is 9.36. The number of hydrogen-bond acceptors (Lipinski definition) is 4. The van der Waals surface area contributed by atoms with Crippen molar-refractivity contribution in [2.24, 2.45) is 5.92 Å². The Morgan fingerprint density at radius 3 is 3.00 bits per heavy atom. The molecule has 3 rings (SSSR count). The van der Waals surface area contributed by atoms with Gasteiger partial charge in [0.25, 0.3) is 0 Å². The Morgan fingerprint density at radius 1 is 1.44 bits per heavy atom. The number of hydrogen-bond donors (Lipinski definition) is 0. The molecule has 0 aromatic carbocycles. The minimum absolute atomic E-state index is 0.295. The topological polar surface area (TPSA) is 49.2 Å². The molecule has 2 fully saturated rings. The van der Waals surface area contributed by atoms with Crippen LogP contribution in [0.1, 0.15) is 18.5 Å². The lowest BCUT2D eigenvalue weighted by atomic mass is 10.2. The molecule has 5 heteroatoms. The maximum Gasteiger partial charge on any atom is 0.161 e. The first-order valence-corrected chi connectivity index (χ1v) is 6.59. The molecule has 1 aromatic rings. The summed E-state index contributed by atoms with van der Waals surface area (Å²) < 4.78 is 5.77. The normalized spacial score (nSPS) is 23.8. The van der Waals surface area contributed by atoms with Gasteiger partial charge in [0.2, 0.25) is 0 Å². The molecule has 0 N–H and O–H groups in total. The van der Waals surface area contributed by atoms with E-state index in [0.717, 1.165) is 31.4 Å². The fourth-order valence-electron chi connectivity index (χ4n) is 2.32. The predicted molar refractivity (Wildman–Crippen MR) is 68.6 cm³/mol. The van der Waals surface area contributed by atoms with E-state index >= 15 is 0 Å². The van der Waals surface area contributed by atoms with Gasteiger partial charge >= 0.3 is 0 Å². The van der Waals surface area contributed by atoms with Crippen molar-refractivity contribution < 1.29 is 4.74 Å². The van der Waals surface area contributed by atoms with Crippen LogP contribution in [0.2, 0.25) is 5.02 Å². The van der Waals surface area contributed by atoms with Gasteiger partial charge in [-0.25, -0.2) is 4.98 Å². The second kappa shape index (κ2) is 4.75. The van der Waals surface area contributed by atoms with Crippen LogP contribution in [0.3, 0.4) is 0 Å². The van der Waals surface area contributed by atoms with E-state index in [4.69, 9.17) is 21.6 Å². The van der Waals surface area contributed by atoms with Crippen molar-refractivity contribution in [3.63, 3.8) is 0 Å². The lowest BCUT2D eigenvalue weighted by Gasteiger charge is -2.34. The number of aromatic nitrogens is 1. The first kappa shape index (κ1) is 11.8. The molecular formula is C13H14ClN3O. The van der Waals surface area contributed by atoms with Gasteiger partial charge in [0, 0.05) is 13.1 Å². The summed E-state index contributed by atoms with van der Waals surface area (Å²) in [5.74, 6) is 1.54. The highest BCUT2D eigenvalue weighted by Crippen LogP contribution is 2.36. The van der Waals surface area contributed by atoms with Crippen molar-refractivity contribution in [1.29, 1.82) is 5.26 Å². The molecule has 1 aromatic heterocycles. The van der Waals surface area contributed by atoms with Crippen LogP contribution in [0.15, 0.2) is 12.1 Å². The van der Waals surface area contributed by atoms with Gasteiger partial charge < -0.3 is 9.64 Å². The average molecular weight is 264 g/mol. The fourth-order valence-corrected chi connectivity index (χ4v) is 2.47. The molecule has 2 heterocycles. The van der Waals surface area contributed by atoms with Crippen LogP contribution in [-0.2, 0) is 4.74 Å². The summed E-state index contributed by atoms with van der Waals surface area (Å²) in [6.45, 7) is 2.42. The van der Waals surface area contributed by atoms with Gasteiger partial charge in [-0.05, 0) is 30.9 Å². The number of nitriles is 1. The Balaban J connectivity index is 1.79. The Bertz CT molecular complexity index is 495. The molecule has 1 saturated heterocycles. The van der Waals surface area contributed by atoms with Crippen LogP contribution in [0.4, 0.5) is 5.82 Å². The fraction of sp³-hybridized carbons (Fsp3) is 0.538. The average Bonchev–Trinajstić information content (AvgIpc) is 3.24. The van der Waals surface area contributed by atoms with Crippen molar-refractivity contribution in [3.05, 3.63) is 22.8 Å². The van der Waals surface area contributed by atoms with Gasteiger partial charge in [-0.15, -0.1) is 0 Å². The highest BCUT2D eigenvalue weighted by Gasteiger charge is 2.35. The molecule has 0 radical (unpaired) electrons. The second-order valence-corrected chi connectivity index (χ2v) is 5.21. The number of anilines is 1. The van der Waals surface area contributed by atoms with Gasteiger partial charge in [0.1, 0.15) is 11.9 Å². The van der Waals surface area contributed by atoms with E-state index in [1.54, 1.807) is 6.07 Å². The lowest BCUT2D eigenvalue weighted by molar-refractivity contribution is 0.0261. The third-order valence-electron chi connectivity index (χ3n) is 3.50. The maximum absolute atomic E-state index is 8.95. The molecule has 0 spiro atoms. The lowest BCUT2D eigenvalue weighted by Crippen LogP contribution is -2.43. The molecule has 94 valence electrons. The zero-order chi connectivity index (χ0) is 12.5. The maximum atomic E-state index is 8.95. The number of rotatable bonds is 2. The van der Waals surface area contributed by atoms with Gasteiger partial charge in [-0.3, -0.25) is 0 Å². The molecule has 18 heavy (non-hydrogen) atoms. The second-order valence-electron chi connectivity index (χ2n) is 4.80. The molecule has 1 aliphatic carbocycles. The van der Waals surface area contributed by atoms with E-state index in [9.17, 15) is 0 Å². The van der Waals surface area contributed by atoms with Gasteiger partial charge in [0.15, 0.2) is 5.69 Å². The largest absolute Gasteiger partial charge is 0.374 e. The van der Waals surface area contributed by atoms with Crippen LogP contribution in [-0.4, -0.2) is 30.8 Å². The quantitative estimate of drug-likeness (QED) is 0.821. The van der Waals surface area contributed by atoms with Gasteiger partial charge in [0.05, 0.1) is 17.7 Å². The van der Waals surface area contributed by atoms with Crippen molar-refractivity contribution in [3.8, 4) is 6.07 Å². The third kappa shape index (κ3) is 2.29. The SMILES string of the molecule is N#Cc1nc(N2CCOC(C3CC3)C2)ccc1Cl. The van der Waals surface area contributed by atoms with E-state index in [-0.39, 0.29) is 0 Å². The number of pyridine rings is 1. The van der Waals surface area contributed by atoms with Gasteiger partial charge in [-0.1, -0.05) is 11.6 Å². The molecule has 4 nitrogen and oxygen atoms in total. The molecule has 1 saturated carbocycles. The van der Waals surface area contributed by atoms with Crippen LogP contribution < -0.4 is 4.90 Å². The monoisotopic (exact) mass is 263 g/mol. The zero-order valence-corrected chi connectivity index (χ0v) is 10.7. The van der Waals surface area contributed by atoms with E-state index < -0.39 is 0 Å². The van der Waals surface area contributed by atoms with E-state index in [1.807, 2.05) is 12.1 Å². The van der Waals surface area contributed by atoms with E-state index in [0.29, 0.717) is 16.8 Å². The summed E-state index contributed by atoms with van der Waals surface area (Å²) >= 11 is 5.90. The molecule has 0 bridgehead atoms. The Hall–Kier alpha value is -1.31. The molecule has 0 amide bonds. The summed E-state index contributed by atoms with van der Waals surface area (Å²) in [5.41, 5.74) is 0.295. The van der Waals surface area contributed by atoms with Crippen molar-refractivity contribution in [2.75, 3.05) is 24.6 Å². The first-order valence-electron chi connectivity index (χ1n) is 6.21. The van der Waals surface area contributed by atoms with Crippen molar-refractivity contribution in [2.45, 2.75) is 18.9 Å². The molecule has 1 unspecified atom stereocenters. The summed E-state index contributed by atoms with van der Waals surface area (Å²) in [4.78, 5) is 6.49. The minimum Gasteiger partial charge on any atom is -0.374 e. The molecule has 2 aliphatic rings. The van der Waals surface area contributed by atoms with E-state index in [1.165, 1.54) is 12.8 Å². The summed E-state index contributed by atoms with van der Waals surface area (Å²) in [6, 6.07) is 5.63. The van der Waals surface area contributed by atoms with Crippen molar-refractivity contribution >= 4 is 17.4 Å². The zero-order valence-electron chi connectivity index (χ0n) is 9.97. The van der Waals surface area contributed by atoms with Crippen molar-refractivity contribution in [1.82, 2.24) is 4.98 Å². The molecule has 1 atom stereocenters. The van der Waals surface area contributed by atoms with Crippen LogP contribution in [0.5, 0.6) is 0 Å². The van der Waals surface area contributed by atoms with Crippen LogP contribution in [0, 0.1) is 17.2 Å². The van der Waals surface area contributed by atoms with Crippen LogP contribution in [0.25, 0.3) is 0 Å². The third-order valence-corrected chi connectivity index (χ3v) is 3.81. The highest BCUT2D eigenvalue weighted by molar-refractivity contribution is 6.31. The highest BCUT2D eigenvalue weighted by atomic mass is 35.5. The molecular weight excluding hydrogens is 250 g/mol. The molecule has 1 aliphatic heterocycles. The Morgan fingerprint density at radius 2 is 2.28 bits per heavy atom. The smallest absolute Gasteiger partial charge is 0.161 e. The summed E-state index contributed by atoms with van der Waals surface area (Å²) in [7, 11) is 0. The first-order chi connectivity index (χ1) is 8.78. The Labute approximate surface area is 111 Å². The minimum atomic E-state index is 0.295. The Kier molecular flexibility index (Phi) is 3.11. The predicted octanol–water partition coefficient (Wildman–Crippen LogP) is 2.22. The van der Waals surface area contributed by atoms with Gasteiger partial charge in [-0.2, -0.15) is 5.26 Å². The standard InChI is InChI=1S/C13H14ClN3O/c14-10-3-4-13(16-11(10)7-15)17-5-6-18-12(8-17)9-1-2-9/h3-4,9,12H,1-2,5-6,8H2. The number of nitrogens with zero attached hydrogens (tertiary/aromatic N) is 3. The number of halogens is 1.